The second kappa shape index (κ2) is 9.18. The van der Waals surface area contributed by atoms with Gasteiger partial charge in [-0.25, -0.2) is 0 Å². The molecule has 0 aliphatic heterocycles. The molecule has 0 heterocycles. The van der Waals surface area contributed by atoms with Crippen LogP contribution in [0, 0.1) is 6.92 Å². The first-order chi connectivity index (χ1) is 9.17. The highest BCUT2D eigenvalue weighted by molar-refractivity contribution is 6.31. The zero-order chi connectivity index (χ0) is 14.1. The van der Waals surface area contributed by atoms with E-state index in [1.807, 2.05) is 39.0 Å². The Labute approximate surface area is 120 Å². The van der Waals surface area contributed by atoms with Crippen LogP contribution in [0.3, 0.4) is 0 Å². The van der Waals surface area contributed by atoms with E-state index in [9.17, 15) is 0 Å². The Hall–Kier alpha value is -0.770. The highest BCUT2D eigenvalue weighted by Gasteiger charge is 2.07. The molecule has 1 aromatic rings. The van der Waals surface area contributed by atoms with Crippen LogP contribution in [0.5, 0.6) is 5.75 Å². The fourth-order valence-electron chi connectivity index (χ4n) is 1.69. The largest absolute Gasteiger partial charge is 0.494 e. The second-order valence-electron chi connectivity index (χ2n) is 4.24. The Morgan fingerprint density at radius 2 is 1.84 bits per heavy atom. The Balaban J connectivity index is 2.27. The van der Waals surface area contributed by atoms with Crippen LogP contribution in [-0.4, -0.2) is 26.1 Å². The van der Waals surface area contributed by atoms with Crippen molar-refractivity contribution in [1.82, 2.24) is 0 Å². The molecule has 0 fully saturated rings. The first kappa shape index (κ1) is 16.3. The van der Waals surface area contributed by atoms with Crippen LogP contribution < -0.4 is 4.74 Å². The average Bonchev–Trinajstić information content (AvgIpc) is 2.39. The lowest BCUT2D eigenvalue weighted by molar-refractivity contribution is -0.140. The fraction of sp³-hybridized carbons (Fsp3) is 0.600. The Morgan fingerprint density at radius 1 is 1.16 bits per heavy atom. The lowest BCUT2D eigenvalue weighted by Gasteiger charge is -2.16. The normalized spacial score (nSPS) is 11.0. The van der Waals surface area contributed by atoms with Crippen molar-refractivity contribution in [1.29, 1.82) is 0 Å². The van der Waals surface area contributed by atoms with Crippen LogP contribution in [0.25, 0.3) is 0 Å². The molecular formula is C15H23ClO3. The number of ether oxygens (including phenoxy) is 3. The predicted octanol–water partition coefficient (Wildman–Crippen LogP) is 4.21. The van der Waals surface area contributed by atoms with E-state index in [1.54, 1.807) is 0 Å². The van der Waals surface area contributed by atoms with Crippen molar-refractivity contribution in [2.75, 3.05) is 19.8 Å². The number of halogens is 1. The van der Waals surface area contributed by atoms with E-state index in [4.69, 9.17) is 25.8 Å². The van der Waals surface area contributed by atoms with Crippen molar-refractivity contribution < 1.29 is 14.2 Å². The quantitative estimate of drug-likeness (QED) is 0.503. The molecule has 0 saturated heterocycles. The molecule has 0 aliphatic carbocycles. The summed E-state index contributed by atoms with van der Waals surface area (Å²) < 4.78 is 16.6. The van der Waals surface area contributed by atoms with Gasteiger partial charge in [0.15, 0.2) is 6.29 Å². The van der Waals surface area contributed by atoms with E-state index >= 15 is 0 Å². The molecule has 1 rings (SSSR count). The second-order valence-corrected chi connectivity index (χ2v) is 4.65. The molecule has 0 N–H and O–H groups in total. The van der Waals surface area contributed by atoms with Gasteiger partial charge in [0.25, 0.3) is 0 Å². The molecule has 0 radical (unpaired) electrons. The topological polar surface area (TPSA) is 27.7 Å². The average molecular weight is 287 g/mol. The highest BCUT2D eigenvalue weighted by Crippen LogP contribution is 2.21. The van der Waals surface area contributed by atoms with Gasteiger partial charge in [-0.05, 0) is 44.9 Å². The standard InChI is InChI=1S/C15H23ClO3/c1-4-17-15(18-5-2)7-6-10-19-13-9-8-12(3)14(16)11-13/h8-9,11,15H,4-7,10H2,1-3H3. The summed E-state index contributed by atoms with van der Waals surface area (Å²) in [6.45, 7) is 7.88. The van der Waals surface area contributed by atoms with Crippen LogP contribution in [0.4, 0.5) is 0 Å². The molecule has 4 heteroatoms. The zero-order valence-electron chi connectivity index (χ0n) is 11.9. The van der Waals surface area contributed by atoms with Crippen molar-refractivity contribution in [3.8, 4) is 5.75 Å². The maximum Gasteiger partial charge on any atom is 0.157 e. The molecular weight excluding hydrogens is 264 g/mol. The van der Waals surface area contributed by atoms with Crippen LogP contribution in [0.1, 0.15) is 32.3 Å². The lowest BCUT2D eigenvalue weighted by Crippen LogP contribution is -2.18. The molecule has 108 valence electrons. The van der Waals surface area contributed by atoms with Gasteiger partial charge in [-0.1, -0.05) is 17.7 Å². The summed E-state index contributed by atoms with van der Waals surface area (Å²) in [7, 11) is 0. The number of hydrogen-bond donors (Lipinski definition) is 0. The van der Waals surface area contributed by atoms with E-state index in [0.29, 0.717) is 19.8 Å². The molecule has 0 amide bonds. The smallest absolute Gasteiger partial charge is 0.157 e. The fourth-order valence-corrected chi connectivity index (χ4v) is 1.86. The zero-order valence-corrected chi connectivity index (χ0v) is 12.7. The van der Waals surface area contributed by atoms with Crippen LogP contribution in [0.15, 0.2) is 18.2 Å². The molecule has 0 aliphatic rings. The van der Waals surface area contributed by atoms with Gasteiger partial charge in [0, 0.05) is 24.7 Å². The van der Waals surface area contributed by atoms with Gasteiger partial charge in [0.05, 0.1) is 6.61 Å². The molecule has 0 spiro atoms. The van der Waals surface area contributed by atoms with E-state index in [2.05, 4.69) is 0 Å². The van der Waals surface area contributed by atoms with E-state index in [0.717, 1.165) is 29.2 Å². The summed E-state index contributed by atoms with van der Waals surface area (Å²) in [5, 5.41) is 0.735. The number of rotatable bonds is 9. The van der Waals surface area contributed by atoms with E-state index < -0.39 is 0 Å². The van der Waals surface area contributed by atoms with E-state index in [1.165, 1.54) is 0 Å². The molecule has 0 atom stereocenters. The van der Waals surface area contributed by atoms with Crippen molar-refractivity contribution in [3.05, 3.63) is 28.8 Å². The number of hydrogen-bond acceptors (Lipinski definition) is 3. The number of aryl methyl sites for hydroxylation is 1. The first-order valence-electron chi connectivity index (χ1n) is 6.79. The van der Waals surface area contributed by atoms with Crippen molar-refractivity contribution in [2.24, 2.45) is 0 Å². The summed E-state index contributed by atoms with van der Waals surface area (Å²) in [6, 6.07) is 5.74. The molecule has 0 saturated carbocycles. The Morgan fingerprint density at radius 3 is 2.42 bits per heavy atom. The molecule has 3 nitrogen and oxygen atoms in total. The lowest BCUT2D eigenvalue weighted by atomic mass is 10.2. The van der Waals surface area contributed by atoms with Crippen LogP contribution in [0.2, 0.25) is 5.02 Å². The minimum Gasteiger partial charge on any atom is -0.494 e. The Bertz CT molecular complexity index is 362. The molecule has 0 bridgehead atoms. The van der Waals surface area contributed by atoms with Gasteiger partial charge >= 0.3 is 0 Å². The third-order valence-electron chi connectivity index (χ3n) is 2.70. The van der Waals surface area contributed by atoms with Crippen molar-refractivity contribution in [3.63, 3.8) is 0 Å². The minimum absolute atomic E-state index is 0.125. The summed E-state index contributed by atoms with van der Waals surface area (Å²) in [5.41, 5.74) is 1.06. The molecule has 1 aromatic carbocycles. The van der Waals surface area contributed by atoms with Crippen molar-refractivity contribution in [2.45, 2.75) is 39.9 Å². The van der Waals surface area contributed by atoms with Gasteiger partial charge in [-0.15, -0.1) is 0 Å². The van der Waals surface area contributed by atoms with Gasteiger partial charge in [-0.2, -0.15) is 0 Å². The van der Waals surface area contributed by atoms with Gasteiger partial charge in [-0.3, -0.25) is 0 Å². The summed E-state index contributed by atoms with van der Waals surface area (Å²) in [4.78, 5) is 0. The SMILES string of the molecule is CCOC(CCCOc1ccc(C)c(Cl)c1)OCC. The van der Waals surface area contributed by atoms with Gasteiger partial charge in [0.2, 0.25) is 0 Å². The number of benzene rings is 1. The predicted molar refractivity (Wildman–Crippen MR) is 78.0 cm³/mol. The maximum absolute atomic E-state index is 6.04. The third-order valence-corrected chi connectivity index (χ3v) is 3.11. The van der Waals surface area contributed by atoms with Crippen molar-refractivity contribution >= 4 is 11.6 Å². The molecule has 19 heavy (non-hydrogen) atoms. The first-order valence-corrected chi connectivity index (χ1v) is 7.17. The molecule has 0 unspecified atom stereocenters. The summed E-state index contributed by atoms with van der Waals surface area (Å²) in [5.74, 6) is 0.806. The Kier molecular flexibility index (Phi) is 7.87. The summed E-state index contributed by atoms with van der Waals surface area (Å²) >= 11 is 6.04. The van der Waals surface area contributed by atoms with E-state index in [-0.39, 0.29) is 6.29 Å². The van der Waals surface area contributed by atoms with Gasteiger partial charge in [0.1, 0.15) is 5.75 Å². The minimum atomic E-state index is -0.125. The maximum atomic E-state index is 6.04. The van der Waals surface area contributed by atoms with Crippen LogP contribution >= 0.6 is 11.6 Å². The monoisotopic (exact) mass is 286 g/mol. The summed E-state index contributed by atoms with van der Waals surface area (Å²) in [6.07, 6.45) is 1.59. The third kappa shape index (κ3) is 6.28. The van der Waals surface area contributed by atoms with Crippen LogP contribution in [-0.2, 0) is 9.47 Å². The van der Waals surface area contributed by atoms with Gasteiger partial charge < -0.3 is 14.2 Å². The molecule has 0 aromatic heterocycles. The highest BCUT2D eigenvalue weighted by atomic mass is 35.5.